The van der Waals surface area contributed by atoms with Gasteiger partial charge in [0.1, 0.15) is 0 Å². The molecule has 3 aromatic rings. The van der Waals surface area contributed by atoms with Crippen LogP contribution in [-0.2, 0) is 6.54 Å². The largest absolute Gasteiger partial charge is 0.347 e. The minimum absolute atomic E-state index is 0.147. The number of amides is 1. The topological polar surface area (TPSA) is 75.1 Å². The van der Waals surface area contributed by atoms with E-state index < -0.39 is 0 Å². The lowest BCUT2D eigenvalue weighted by Crippen LogP contribution is -2.22. The van der Waals surface area contributed by atoms with Gasteiger partial charge in [0.2, 0.25) is 0 Å². The van der Waals surface area contributed by atoms with Gasteiger partial charge in [-0.05, 0) is 12.1 Å². The molecule has 0 aliphatic carbocycles. The summed E-state index contributed by atoms with van der Waals surface area (Å²) in [7, 11) is 0. The SMILES string of the molecule is O=C(NCc1cnc[nH]1)c1cnn2ccccc12. The maximum Gasteiger partial charge on any atom is 0.255 e. The Morgan fingerprint density at radius 3 is 3.17 bits per heavy atom. The number of carbonyl (C=O) groups excluding carboxylic acids is 1. The van der Waals surface area contributed by atoms with E-state index in [4.69, 9.17) is 0 Å². The molecule has 0 aliphatic rings. The third-order valence-corrected chi connectivity index (χ3v) is 2.67. The fraction of sp³-hybridized carbons (Fsp3) is 0.0833. The molecule has 1 amide bonds. The third-order valence-electron chi connectivity index (χ3n) is 2.67. The molecule has 0 aromatic carbocycles. The molecule has 0 radical (unpaired) electrons. The number of nitrogens with zero attached hydrogens (tertiary/aromatic N) is 3. The van der Waals surface area contributed by atoms with Crippen molar-refractivity contribution in [3.63, 3.8) is 0 Å². The maximum absolute atomic E-state index is 12.0. The number of aromatic nitrogens is 4. The molecule has 0 atom stereocenters. The van der Waals surface area contributed by atoms with Gasteiger partial charge in [0.25, 0.3) is 5.91 Å². The highest BCUT2D eigenvalue weighted by Crippen LogP contribution is 2.09. The molecular weight excluding hydrogens is 230 g/mol. The highest BCUT2D eigenvalue weighted by Gasteiger charge is 2.11. The van der Waals surface area contributed by atoms with Crippen molar-refractivity contribution in [3.8, 4) is 0 Å². The first-order valence-corrected chi connectivity index (χ1v) is 5.52. The van der Waals surface area contributed by atoms with Crippen LogP contribution in [0, 0.1) is 0 Å². The predicted molar refractivity (Wildman–Crippen MR) is 64.9 cm³/mol. The fourth-order valence-electron chi connectivity index (χ4n) is 1.76. The monoisotopic (exact) mass is 241 g/mol. The number of rotatable bonds is 3. The van der Waals surface area contributed by atoms with Crippen molar-refractivity contribution in [2.75, 3.05) is 0 Å². The van der Waals surface area contributed by atoms with Gasteiger partial charge in [-0.25, -0.2) is 9.50 Å². The number of nitrogens with one attached hydrogen (secondary N) is 2. The zero-order chi connectivity index (χ0) is 12.4. The number of carbonyl (C=O) groups is 1. The molecule has 90 valence electrons. The van der Waals surface area contributed by atoms with Gasteiger partial charge in [0.15, 0.2) is 0 Å². The number of H-pyrrole nitrogens is 1. The van der Waals surface area contributed by atoms with E-state index in [2.05, 4.69) is 20.4 Å². The van der Waals surface area contributed by atoms with Gasteiger partial charge in [0, 0.05) is 12.4 Å². The van der Waals surface area contributed by atoms with E-state index in [9.17, 15) is 4.79 Å². The second-order valence-electron chi connectivity index (χ2n) is 3.85. The summed E-state index contributed by atoms with van der Waals surface area (Å²) in [5.41, 5.74) is 2.22. The molecule has 6 nitrogen and oxygen atoms in total. The second kappa shape index (κ2) is 4.33. The third kappa shape index (κ3) is 1.84. The van der Waals surface area contributed by atoms with Crippen molar-refractivity contribution in [3.05, 3.63) is 54.4 Å². The standard InChI is InChI=1S/C12H11N5O/c18-12(14-6-9-5-13-8-15-9)10-7-16-17-4-2-1-3-11(10)17/h1-5,7-8H,6H2,(H,13,15)(H,14,18). The van der Waals surface area contributed by atoms with Crippen molar-refractivity contribution in [2.24, 2.45) is 0 Å². The molecule has 0 unspecified atom stereocenters. The van der Waals surface area contributed by atoms with Crippen LogP contribution in [0.4, 0.5) is 0 Å². The first kappa shape index (κ1) is 10.5. The smallest absolute Gasteiger partial charge is 0.255 e. The van der Waals surface area contributed by atoms with Crippen LogP contribution in [0.3, 0.4) is 0 Å². The quantitative estimate of drug-likeness (QED) is 0.718. The lowest BCUT2D eigenvalue weighted by Gasteiger charge is -2.01. The average molecular weight is 241 g/mol. The summed E-state index contributed by atoms with van der Waals surface area (Å²) in [5, 5.41) is 6.94. The van der Waals surface area contributed by atoms with Crippen molar-refractivity contribution in [1.29, 1.82) is 0 Å². The van der Waals surface area contributed by atoms with E-state index in [-0.39, 0.29) is 5.91 Å². The van der Waals surface area contributed by atoms with Gasteiger partial charge in [0.05, 0.1) is 35.8 Å². The Kier molecular flexibility index (Phi) is 2.53. The van der Waals surface area contributed by atoms with Crippen LogP contribution < -0.4 is 5.32 Å². The molecule has 6 heteroatoms. The first-order chi connectivity index (χ1) is 8.84. The van der Waals surface area contributed by atoms with Crippen molar-refractivity contribution >= 4 is 11.4 Å². The zero-order valence-electron chi connectivity index (χ0n) is 9.50. The second-order valence-corrected chi connectivity index (χ2v) is 3.85. The summed E-state index contributed by atoms with van der Waals surface area (Å²) < 4.78 is 1.67. The van der Waals surface area contributed by atoms with E-state index in [0.29, 0.717) is 12.1 Å². The number of hydrogen-bond donors (Lipinski definition) is 2. The lowest BCUT2D eigenvalue weighted by molar-refractivity contribution is 0.0952. The summed E-state index contributed by atoms with van der Waals surface area (Å²) in [6.07, 6.45) is 6.63. The van der Waals surface area contributed by atoms with Crippen LogP contribution in [-0.4, -0.2) is 25.5 Å². The Balaban J connectivity index is 1.80. The molecule has 0 aliphatic heterocycles. The van der Waals surface area contributed by atoms with Crippen LogP contribution in [0.15, 0.2) is 43.1 Å². The van der Waals surface area contributed by atoms with Crippen LogP contribution in [0.2, 0.25) is 0 Å². The van der Waals surface area contributed by atoms with E-state index in [1.165, 1.54) is 0 Å². The molecule has 2 N–H and O–H groups in total. The van der Waals surface area contributed by atoms with Crippen LogP contribution in [0.5, 0.6) is 0 Å². The van der Waals surface area contributed by atoms with Gasteiger partial charge in [-0.3, -0.25) is 4.79 Å². The molecule has 3 heterocycles. The number of aromatic amines is 1. The summed E-state index contributed by atoms with van der Waals surface area (Å²) in [5.74, 6) is -0.147. The molecule has 0 saturated carbocycles. The molecule has 0 saturated heterocycles. The maximum atomic E-state index is 12.0. The molecular formula is C12H11N5O. The fourth-order valence-corrected chi connectivity index (χ4v) is 1.76. The van der Waals surface area contributed by atoms with E-state index >= 15 is 0 Å². The molecule has 3 rings (SSSR count). The van der Waals surface area contributed by atoms with Crippen molar-refractivity contribution in [1.82, 2.24) is 24.9 Å². The summed E-state index contributed by atoms with van der Waals surface area (Å²) in [4.78, 5) is 18.8. The predicted octanol–water partition coefficient (Wildman–Crippen LogP) is 0.987. The molecule has 0 spiro atoms. The van der Waals surface area contributed by atoms with Crippen molar-refractivity contribution in [2.45, 2.75) is 6.54 Å². The van der Waals surface area contributed by atoms with Crippen LogP contribution in [0.25, 0.3) is 5.52 Å². The van der Waals surface area contributed by atoms with Crippen LogP contribution in [0.1, 0.15) is 16.1 Å². The van der Waals surface area contributed by atoms with Gasteiger partial charge in [-0.15, -0.1) is 0 Å². The minimum atomic E-state index is -0.147. The lowest BCUT2D eigenvalue weighted by atomic mass is 10.2. The highest BCUT2D eigenvalue weighted by molar-refractivity contribution is 6.00. The number of pyridine rings is 1. The average Bonchev–Trinajstić information content (AvgIpc) is 3.05. The summed E-state index contributed by atoms with van der Waals surface area (Å²) in [6, 6.07) is 5.60. The normalized spacial score (nSPS) is 10.7. The minimum Gasteiger partial charge on any atom is -0.347 e. The molecule has 0 fully saturated rings. The van der Waals surface area contributed by atoms with Gasteiger partial charge in [-0.1, -0.05) is 6.07 Å². The highest BCUT2D eigenvalue weighted by atomic mass is 16.1. The zero-order valence-corrected chi connectivity index (χ0v) is 9.50. The van der Waals surface area contributed by atoms with Gasteiger partial charge >= 0.3 is 0 Å². The Labute approximate surface area is 103 Å². The van der Waals surface area contributed by atoms with Gasteiger partial charge in [-0.2, -0.15) is 5.10 Å². The van der Waals surface area contributed by atoms with Crippen LogP contribution >= 0.6 is 0 Å². The molecule has 18 heavy (non-hydrogen) atoms. The summed E-state index contributed by atoms with van der Waals surface area (Å²) in [6.45, 7) is 0.420. The van der Waals surface area contributed by atoms with E-state index in [1.54, 1.807) is 29.4 Å². The Hall–Kier alpha value is -2.63. The summed E-state index contributed by atoms with van der Waals surface area (Å²) >= 11 is 0. The number of imidazole rings is 1. The Morgan fingerprint density at radius 1 is 1.39 bits per heavy atom. The first-order valence-electron chi connectivity index (χ1n) is 5.52. The molecule has 3 aromatic heterocycles. The number of hydrogen-bond acceptors (Lipinski definition) is 3. The number of fused-ring (bicyclic) bond motifs is 1. The van der Waals surface area contributed by atoms with E-state index in [0.717, 1.165) is 11.2 Å². The Bertz CT molecular complexity index is 671. The van der Waals surface area contributed by atoms with Crippen molar-refractivity contribution < 1.29 is 4.79 Å². The molecule has 0 bridgehead atoms. The van der Waals surface area contributed by atoms with Gasteiger partial charge < -0.3 is 10.3 Å². The van der Waals surface area contributed by atoms with E-state index in [1.807, 2.05) is 18.2 Å². The Morgan fingerprint density at radius 2 is 2.33 bits per heavy atom.